The Bertz CT molecular complexity index is 1060. The molecule has 150 valence electrons. The van der Waals surface area contributed by atoms with Crippen molar-refractivity contribution in [3.63, 3.8) is 0 Å². The minimum Gasteiger partial charge on any atom is -0.437 e. The zero-order valence-corrected chi connectivity index (χ0v) is 17.8. The summed E-state index contributed by atoms with van der Waals surface area (Å²) >= 11 is 1.30. The minimum absolute atomic E-state index is 0.0856. The first-order valence-corrected chi connectivity index (χ1v) is 10.4. The van der Waals surface area contributed by atoms with Crippen LogP contribution in [0.25, 0.3) is 0 Å². The summed E-state index contributed by atoms with van der Waals surface area (Å²) in [7, 11) is 0. The maximum absolute atomic E-state index is 14.4. The third kappa shape index (κ3) is 3.58. The molecule has 29 heavy (non-hydrogen) atoms. The largest absolute Gasteiger partial charge is 0.437 e. The summed E-state index contributed by atoms with van der Waals surface area (Å²) in [6, 6.07) is 14.9. The van der Waals surface area contributed by atoms with Gasteiger partial charge in [0.05, 0.1) is 10.6 Å². The maximum atomic E-state index is 14.4. The summed E-state index contributed by atoms with van der Waals surface area (Å²) in [5, 5.41) is 0. The number of para-hydroxylation sites is 1. The van der Waals surface area contributed by atoms with E-state index >= 15 is 0 Å². The van der Waals surface area contributed by atoms with Gasteiger partial charge in [-0.05, 0) is 42.2 Å². The number of aryl methyl sites for hydroxylation is 1. The zero-order valence-electron chi connectivity index (χ0n) is 16.9. The lowest BCUT2D eigenvalue weighted by atomic mass is 9.86. The highest BCUT2D eigenvalue weighted by Crippen LogP contribution is 2.50. The Balaban J connectivity index is 1.81. The van der Waals surface area contributed by atoms with Gasteiger partial charge in [-0.1, -0.05) is 56.8 Å². The van der Waals surface area contributed by atoms with Gasteiger partial charge in [0.2, 0.25) is 5.88 Å². The van der Waals surface area contributed by atoms with Crippen LogP contribution in [0.2, 0.25) is 0 Å². The molecule has 0 saturated carbocycles. The van der Waals surface area contributed by atoms with Crippen LogP contribution in [0, 0.1) is 12.7 Å². The molecule has 4 nitrogen and oxygen atoms in total. The maximum Gasteiger partial charge on any atom is 0.243 e. The molecule has 0 amide bonds. The van der Waals surface area contributed by atoms with Crippen molar-refractivity contribution in [1.29, 1.82) is 0 Å². The van der Waals surface area contributed by atoms with E-state index in [2.05, 4.69) is 31.8 Å². The van der Waals surface area contributed by atoms with E-state index in [9.17, 15) is 4.39 Å². The molecule has 0 fully saturated rings. The Morgan fingerprint density at radius 2 is 1.86 bits per heavy atom. The van der Waals surface area contributed by atoms with Crippen LogP contribution in [0.15, 0.2) is 59.6 Å². The topological polar surface area (TPSA) is 51.4 Å². The lowest BCUT2D eigenvalue weighted by molar-refractivity contribution is 0.440. The van der Waals surface area contributed by atoms with E-state index in [1.807, 2.05) is 42.2 Å². The van der Waals surface area contributed by atoms with E-state index in [1.165, 1.54) is 17.8 Å². The van der Waals surface area contributed by atoms with E-state index in [1.54, 1.807) is 12.3 Å². The first-order chi connectivity index (χ1) is 13.8. The highest BCUT2D eigenvalue weighted by molar-refractivity contribution is 8.00. The second kappa shape index (κ2) is 7.35. The molecule has 1 aliphatic rings. The van der Waals surface area contributed by atoms with Gasteiger partial charge in [-0.3, -0.25) is 0 Å². The van der Waals surface area contributed by atoms with Gasteiger partial charge in [-0.25, -0.2) is 9.37 Å². The summed E-state index contributed by atoms with van der Waals surface area (Å²) < 4.78 is 20.7. The molecule has 3 aromatic rings. The number of thioether (sulfide) groups is 1. The highest BCUT2D eigenvalue weighted by atomic mass is 32.2. The average Bonchev–Trinajstić information content (AvgIpc) is 3.03. The number of ether oxygens (including phenoxy) is 1. The zero-order chi connectivity index (χ0) is 20.8. The van der Waals surface area contributed by atoms with Gasteiger partial charge >= 0.3 is 0 Å². The van der Waals surface area contributed by atoms with Gasteiger partial charge < -0.3 is 15.4 Å². The van der Waals surface area contributed by atoms with E-state index < -0.39 is 5.50 Å². The molecule has 1 aromatic heterocycles. The Labute approximate surface area is 174 Å². The number of rotatable bonds is 3. The summed E-state index contributed by atoms with van der Waals surface area (Å²) in [5.41, 5.74) is 9.36. The molecule has 0 bridgehead atoms. The summed E-state index contributed by atoms with van der Waals surface area (Å²) in [6.07, 6.45) is 1.69. The third-order valence-electron chi connectivity index (χ3n) is 4.93. The molecule has 1 aliphatic heterocycles. The van der Waals surface area contributed by atoms with Crippen LogP contribution in [0.5, 0.6) is 11.6 Å². The number of fused-ring (bicyclic) bond motifs is 1. The molecule has 1 unspecified atom stereocenters. The minimum atomic E-state index is -0.468. The standard InChI is InChI=1S/C23H24FN3OS/c1-14-11-12-16(24)20-19(14)27(22(25)29-20)17-9-7-13-26-21(17)28-18-10-6-5-8-15(18)23(2,3)4/h5-13,22H,25H2,1-4H3. The van der Waals surface area contributed by atoms with Crippen molar-refractivity contribution in [3.8, 4) is 11.6 Å². The molecular weight excluding hydrogens is 385 g/mol. The van der Waals surface area contributed by atoms with Gasteiger partial charge in [0.25, 0.3) is 0 Å². The number of pyridine rings is 1. The molecule has 1 atom stereocenters. The highest BCUT2D eigenvalue weighted by Gasteiger charge is 2.34. The number of nitrogens with two attached hydrogens (primary N) is 1. The number of halogens is 1. The second-order valence-corrected chi connectivity index (χ2v) is 9.22. The smallest absolute Gasteiger partial charge is 0.243 e. The van der Waals surface area contributed by atoms with Gasteiger partial charge in [-0.2, -0.15) is 0 Å². The SMILES string of the molecule is Cc1ccc(F)c2c1N(c1cccnc1Oc1ccccc1C(C)(C)C)C(N)S2. The lowest BCUT2D eigenvalue weighted by Gasteiger charge is -2.27. The molecule has 0 saturated heterocycles. The van der Waals surface area contributed by atoms with Crippen molar-refractivity contribution in [3.05, 3.63) is 71.7 Å². The fraction of sp³-hybridized carbons (Fsp3) is 0.261. The summed E-state index contributed by atoms with van der Waals surface area (Å²) in [5.74, 6) is 0.923. The third-order valence-corrected chi connectivity index (χ3v) is 6.01. The molecule has 4 rings (SSSR count). The van der Waals surface area contributed by atoms with Crippen LogP contribution < -0.4 is 15.4 Å². The first-order valence-electron chi connectivity index (χ1n) is 9.50. The Hall–Kier alpha value is -2.57. The molecule has 2 N–H and O–H groups in total. The van der Waals surface area contributed by atoms with Crippen LogP contribution in [0.3, 0.4) is 0 Å². The predicted octanol–water partition coefficient (Wildman–Crippen LogP) is 6.11. The number of aromatic nitrogens is 1. The van der Waals surface area contributed by atoms with Crippen molar-refractivity contribution >= 4 is 23.1 Å². The number of hydrogen-bond donors (Lipinski definition) is 1. The van der Waals surface area contributed by atoms with E-state index in [0.717, 1.165) is 22.6 Å². The first kappa shape index (κ1) is 19.7. The molecule has 6 heteroatoms. The quantitative estimate of drug-likeness (QED) is 0.566. The number of hydrogen-bond acceptors (Lipinski definition) is 5. The Kier molecular flexibility index (Phi) is 5.00. The summed E-state index contributed by atoms with van der Waals surface area (Å²) in [4.78, 5) is 6.94. The van der Waals surface area contributed by atoms with Gasteiger partial charge in [0.1, 0.15) is 22.8 Å². The monoisotopic (exact) mass is 409 g/mol. The number of nitrogens with zero attached hydrogens (tertiary/aromatic N) is 2. The van der Waals surface area contributed by atoms with Crippen molar-refractivity contribution in [2.75, 3.05) is 4.90 Å². The molecular formula is C23H24FN3OS. The molecule has 0 spiro atoms. The Morgan fingerprint density at radius 3 is 2.62 bits per heavy atom. The predicted molar refractivity (Wildman–Crippen MR) is 117 cm³/mol. The average molecular weight is 410 g/mol. The summed E-state index contributed by atoms with van der Waals surface area (Å²) in [6.45, 7) is 8.38. The van der Waals surface area contributed by atoms with Crippen molar-refractivity contribution in [1.82, 2.24) is 4.98 Å². The Morgan fingerprint density at radius 1 is 1.10 bits per heavy atom. The number of benzene rings is 2. The van der Waals surface area contributed by atoms with Crippen molar-refractivity contribution in [2.45, 2.75) is 43.5 Å². The van der Waals surface area contributed by atoms with E-state index in [4.69, 9.17) is 10.5 Å². The number of anilines is 2. The fourth-order valence-electron chi connectivity index (χ4n) is 3.54. The fourth-order valence-corrected chi connectivity index (χ4v) is 4.66. The van der Waals surface area contributed by atoms with E-state index in [-0.39, 0.29) is 11.2 Å². The van der Waals surface area contributed by atoms with Crippen LogP contribution >= 0.6 is 11.8 Å². The van der Waals surface area contributed by atoms with Crippen LogP contribution in [-0.2, 0) is 5.41 Å². The van der Waals surface area contributed by atoms with E-state index in [0.29, 0.717) is 16.5 Å². The van der Waals surface area contributed by atoms with Gasteiger partial charge in [-0.15, -0.1) is 0 Å². The molecule has 2 heterocycles. The lowest BCUT2D eigenvalue weighted by Crippen LogP contribution is -2.32. The molecule has 0 aliphatic carbocycles. The van der Waals surface area contributed by atoms with Crippen LogP contribution in [0.1, 0.15) is 31.9 Å². The molecule has 0 radical (unpaired) electrons. The van der Waals surface area contributed by atoms with Crippen LogP contribution in [-0.4, -0.2) is 10.5 Å². The van der Waals surface area contributed by atoms with Crippen LogP contribution in [0.4, 0.5) is 15.8 Å². The van der Waals surface area contributed by atoms with Crippen molar-refractivity contribution in [2.24, 2.45) is 5.73 Å². The van der Waals surface area contributed by atoms with Crippen molar-refractivity contribution < 1.29 is 9.13 Å². The normalized spacial score (nSPS) is 16.1. The van der Waals surface area contributed by atoms with Gasteiger partial charge in [0, 0.05) is 11.8 Å². The molecule has 2 aromatic carbocycles. The van der Waals surface area contributed by atoms with Gasteiger partial charge in [0.15, 0.2) is 0 Å². The second-order valence-electron chi connectivity index (χ2n) is 8.10.